The van der Waals surface area contributed by atoms with Gasteiger partial charge in [-0.05, 0) is 63.7 Å². The summed E-state index contributed by atoms with van der Waals surface area (Å²) in [5, 5.41) is 0. The summed E-state index contributed by atoms with van der Waals surface area (Å²) in [5.41, 5.74) is 5.65. The maximum Gasteiger partial charge on any atom is 0.259 e. The highest BCUT2D eigenvalue weighted by molar-refractivity contribution is 7.44. The van der Waals surface area contributed by atoms with E-state index in [4.69, 9.17) is 14.8 Å². The number of hydrogen-bond acceptors (Lipinski definition) is 4. The van der Waals surface area contributed by atoms with E-state index in [2.05, 4.69) is 56.7 Å². The minimum absolute atomic E-state index is 0.399. The van der Waals surface area contributed by atoms with Gasteiger partial charge in [-0.1, -0.05) is 24.3 Å². The van der Waals surface area contributed by atoms with Gasteiger partial charge in [0, 0.05) is 18.6 Å². The molecule has 4 aliphatic carbocycles. The third kappa shape index (κ3) is 3.64. The molecule has 0 amide bonds. The molecule has 5 heteroatoms. The summed E-state index contributed by atoms with van der Waals surface area (Å²) in [6.45, 7) is 10.7. The SMILES string of the molecule is CC(C)N(C(C)C)P(OCCN)OCC1CC2C=CC1C1C=CC21. The normalized spacial score (nSPS) is 34.9. The molecule has 4 aliphatic rings. The first-order valence-electron chi connectivity index (χ1n) is 9.43. The minimum Gasteiger partial charge on any atom is -0.328 e. The number of nitrogens with zero attached hydrogens (tertiary/aromatic N) is 1. The van der Waals surface area contributed by atoms with Gasteiger partial charge in [0.2, 0.25) is 0 Å². The van der Waals surface area contributed by atoms with Crippen LogP contribution in [-0.4, -0.2) is 36.5 Å². The highest BCUT2D eigenvalue weighted by atomic mass is 31.2. The first-order valence-corrected chi connectivity index (χ1v) is 10.6. The summed E-state index contributed by atoms with van der Waals surface area (Å²) in [7, 11) is -1.04. The second kappa shape index (κ2) is 7.97. The summed E-state index contributed by atoms with van der Waals surface area (Å²) in [6, 6.07) is 0.797. The third-order valence-electron chi connectivity index (χ3n) is 5.60. The van der Waals surface area contributed by atoms with Gasteiger partial charge in [-0.3, -0.25) is 0 Å². The smallest absolute Gasteiger partial charge is 0.259 e. The third-order valence-corrected chi connectivity index (χ3v) is 7.68. The molecular weight excluding hydrogens is 319 g/mol. The molecule has 0 aliphatic heterocycles. The predicted octanol–water partition coefficient (Wildman–Crippen LogP) is 3.95. The van der Waals surface area contributed by atoms with Crippen molar-refractivity contribution in [2.75, 3.05) is 19.8 Å². The van der Waals surface area contributed by atoms with Crippen LogP contribution >= 0.6 is 8.53 Å². The van der Waals surface area contributed by atoms with E-state index in [1.807, 2.05) is 0 Å². The molecule has 0 aromatic heterocycles. The van der Waals surface area contributed by atoms with Crippen LogP contribution in [0, 0.1) is 29.6 Å². The van der Waals surface area contributed by atoms with Gasteiger partial charge in [-0.2, -0.15) is 0 Å². The second-order valence-electron chi connectivity index (χ2n) is 7.88. The Bertz CT molecular complexity index is 472. The Morgan fingerprint density at radius 2 is 1.67 bits per heavy atom. The van der Waals surface area contributed by atoms with Crippen LogP contribution in [0.3, 0.4) is 0 Å². The Hall–Kier alpha value is -0.250. The molecule has 0 spiro atoms. The molecule has 2 bridgehead atoms. The Labute approximate surface area is 148 Å². The van der Waals surface area contributed by atoms with Gasteiger partial charge in [0.25, 0.3) is 8.53 Å². The van der Waals surface area contributed by atoms with Gasteiger partial charge >= 0.3 is 0 Å². The van der Waals surface area contributed by atoms with E-state index in [1.54, 1.807) is 0 Å². The van der Waals surface area contributed by atoms with Crippen LogP contribution < -0.4 is 5.73 Å². The fraction of sp³-hybridized carbons (Fsp3) is 0.789. The van der Waals surface area contributed by atoms with Crippen LogP contribution in [-0.2, 0) is 9.05 Å². The van der Waals surface area contributed by atoms with Crippen LogP contribution in [0.5, 0.6) is 0 Å². The molecule has 0 radical (unpaired) electrons. The first-order chi connectivity index (χ1) is 11.5. The largest absolute Gasteiger partial charge is 0.328 e. The summed E-state index contributed by atoms with van der Waals surface area (Å²) in [6.07, 6.45) is 10.9. The Morgan fingerprint density at radius 3 is 2.21 bits per heavy atom. The van der Waals surface area contributed by atoms with E-state index in [-0.39, 0.29) is 0 Å². The molecule has 0 saturated heterocycles. The topological polar surface area (TPSA) is 47.7 Å². The Morgan fingerprint density at radius 1 is 1.00 bits per heavy atom. The standard InChI is InChI=1S/C19H33N2O2P/c1-13(2)21(14(3)4)24(22-10-9-20)23-12-16-11-15-5-6-18(16)19-8-7-17(15)19/h5-8,13-19H,9-12,20H2,1-4H3. The molecule has 1 fully saturated rings. The van der Waals surface area contributed by atoms with E-state index in [0.717, 1.165) is 24.4 Å². The monoisotopic (exact) mass is 352 g/mol. The second-order valence-corrected chi connectivity index (χ2v) is 9.34. The molecule has 1 saturated carbocycles. The maximum atomic E-state index is 6.38. The maximum absolute atomic E-state index is 6.38. The molecule has 136 valence electrons. The van der Waals surface area contributed by atoms with E-state index in [1.165, 1.54) is 6.42 Å². The van der Waals surface area contributed by atoms with Crippen molar-refractivity contribution < 1.29 is 9.05 Å². The van der Waals surface area contributed by atoms with Crippen molar-refractivity contribution in [1.82, 2.24) is 4.67 Å². The lowest BCUT2D eigenvalue weighted by atomic mass is 9.54. The van der Waals surface area contributed by atoms with Crippen LogP contribution in [0.4, 0.5) is 0 Å². The van der Waals surface area contributed by atoms with Crippen molar-refractivity contribution in [2.24, 2.45) is 35.3 Å². The predicted molar refractivity (Wildman–Crippen MR) is 100 cm³/mol. The Balaban J connectivity index is 1.61. The van der Waals surface area contributed by atoms with Gasteiger partial charge < -0.3 is 14.8 Å². The zero-order valence-corrected chi connectivity index (χ0v) is 16.4. The van der Waals surface area contributed by atoms with Crippen molar-refractivity contribution in [2.45, 2.75) is 46.2 Å². The van der Waals surface area contributed by atoms with Crippen molar-refractivity contribution in [3.8, 4) is 0 Å². The van der Waals surface area contributed by atoms with Crippen molar-refractivity contribution >= 4 is 8.53 Å². The molecule has 2 N–H and O–H groups in total. The summed E-state index contributed by atoms with van der Waals surface area (Å²) >= 11 is 0. The molecule has 4 nitrogen and oxygen atoms in total. The molecule has 24 heavy (non-hydrogen) atoms. The number of hydrogen-bond donors (Lipinski definition) is 1. The molecule has 4 rings (SSSR count). The van der Waals surface area contributed by atoms with E-state index in [9.17, 15) is 0 Å². The van der Waals surface area contributed by atoms with E-state index < -0.39 is 8.53 Å². The zero-order valence-electron chi connectivity index (χ0n) is 15.5. The highest BCUT2D eigenvalue weighted by Crippen LogP contribution is 2.54. The highest BCUT2D eigenvalue weighted by Gasteiger charge is 2.47. The zero-order chi connectivity index (χ0) is 17.3. The molecule has 0 aromatic rings. The fourth-order valence-corrected chi connectivity index (χ4v) is 6.21. The molecule has 6 unspecified atom stereocenters. The van der Waals surface area contributed by atoms with Gasteiger partial charge in [0.1, 0.15) is 0 Å². The number of nitrogens with two attached hydrogens (primary N) is 1. The van der Waals surface area contributed by atoms with Gasteiger partial charge in [0.15, 0.2) is 0 Å². The van der Waals surface area contributed by atoms with Crippen molar-refractivity contribution in [1.29, 1.82) is 0 Å². The summed E-state index contributed by atoms with van der Waals surface area (Å²) in [5.74, 6) is 3.56. The van der Waals surface area contributed by atoms with Crippen molar-refractivity contribution in [3.63, 3.8) is 0 Å². The average molecular weight is 352 g/mol. The van der Waals surface area contributed by atoms with E-state index >= 15 is 0 Å². The van der Waals surface area contributed by atoms with Gasteiger partial charge in [0.05, 0.1) is 13.2 Å². The average Bonchev–Trinajstić information content (AvgIpc) is 2.49. The first kappa shape index (κ1) is 18.5. The minimum atomic E-state index is -1.04. The quantitative estimate of drug-likeness (QED) is 0.504. The number of rotatable bonds is 9. The van der Waals surface area contributed by atoms with Gasteiger partial charge in [-0.15, -0.1) is 0 Å². The number of fused-ring (bicyclic) bond motifs is 1. The van der Waals surface area contributed by atoms with Crippen LogP contribution in [0.15, 0.2) is 24.3 Å². The molecule has 0 aromatic carbocycles. The number of allylic oxidation sites excluding steroid dienone is 4. The van der Waals surface area contributed by atoms with Gasteiger partial charge in [-0.25, -0.2) is 4.67 Å². The fourth-order valence-electron chi connectivity index (χ4n) is 4.54. The lowest BCUT2D eigenvalue weighted by Crippen LogP contribution is -2.45. The lowest BCUT2D eigenvalue weighted by Gasteiger charge is -2.51. The van der Waals surface area contributed by atoms with Crippen LogP contribution in [0.2, 0.25) is 0 Å². The molecule has 6 atom stereocenters. The molecule has 0 heterocycles. The molecular formula is C19H33N2O2P. The summed E-state index contributed by atoms with van der Waals surface area (Å²) < 4.78 is 14.8. The summed E-state index contributed by atoms with van der Waals surface area (Å²) in [4.78, 5) is 0. The lowest BCUT2D eigenvalue weighted by molar-refractivity contribution is 0.0604. The van der Waals surface area contributed by atoms with E-state index in [0.29, 0.717) is 37.1 Å². The van der Waals surface area contributed by atoms with Crippen LogP contribution in [0.25, 0.3) is 0 Å². The Kier molecular flexibility index (Phi) is 6.16. The van der Waals surface area contributed by atoms with Crippen molar-refractivity contribution in [3.05, 3.63) is 24.3 Å². The van der Waals surface area contributed by atoms with Crippen LogP contribution in [0.1, 0.15) is 34.1 Å².